The quantitative estimate of drug-likeness (QED) is 0.851. The maximum Gasteiger partial charge on any atom is 0.435 e. The first-order chi connectivity index (χ1) is 11.3. The third kappa shape index (κ3) is 3.42. The number of nitrogens with zero attached hydrogens (tertiary/aromatic N) is 2. The lowest BCUT2D eigenvalue weighted by Gasteiger charge is -2.13. The van der Waals surface area contributed by atoms with Crippen LogP contribution in [0.15, 0.2) is 30.5 Å². The van der Waals surface area contributed by atoms with E-state index < -0.39 is 23.8 Å². The van der Waals surface area contributed by atoms with Gasteiger partial charge in [0.2, 0.25) is 5.91 Å². The summed E-state index contributed by atoms with van der Waals surface area (Å²) >= 11 is 0. The molecule has 128 valence electrons. The van der Waals surface area contributed by atoms with Crippen molar-refractivity contribution in [2.45, 2.75) is 37.9 Å². The highest BCUT2D eigenvalue weighted by Gasteiger charge is 2.34. The molecule has 1 heterocycles. The van der Waals surface area contributed by atoms with Gasteiger partial charge in [0.15, 0.2) is 5.69 Å². The molecule has 24 heavy (non-hydrogen) atoms. The van der Waals surface area contributed by atoms with E-state index in [1.165, 1.54) is 13.0 Å². The molecule has 0 spiro atoms. The number of rotatable bonds is 4. The summed E-state index contributed by atoms with van der Waals surface area (Å²) in [4.78, 5) is 12.1. The SMILES string of the molecule is CC(C(=O)Nc1ccc(C2CC2)c(F)c1)n1ccc(C(F)(F)F)n1. The number of benzene rings is 1. The molecule has 2 aromatic rings. The molecule has 1 saturated carbocycles. The molecule has 1 N–H and O–H groups in total. The monoisotopic (exact) mass is 341 g/mol. The zero-order valence-electron chi connectivity index (χ0n) is 12.8. The van der Waals surface area contributed by atoms with Crippen LogP contribution in [-0.4, -0.2) is 15.7 Å². The fourth-order valence-corrected chi connectivity index (χ4v) is 2.40. The minimum atomic E-state index is -4.57. The Morgan fingerprint density at radius 2 is 2.04 bits per heavy atom. The van der Waals surface area contributed by atoms with E-state index in [9.17, 15) is 22.4 Å². The number of amides is 1. The van der Waals surface area contributed by atoms with E-state index in [0.29, 0.717) is 5.56 Å². The maximum atomic E-state index is 14.0. The van der Waals surface area contributed by atoms with E-state index in [0.717, 1.165) is 29.8 Å². The highest BCUT2D eigenvalue weighted by atomic mass is 19.4. The molecule has 1 unspecified atom stereocenters. The highest BCUT2D eigenvalue weighted by molar-refractivity contribution is 5.93. The van der Waals surface area contributed by atoms with Gasteiger partial charge in [0.25, 0.3) is 0 Å². The number of hydrogen-bond acceptors (Lipinski definition) is 2. The predicted octanol–water partition coefficient (Wildman–Crippen LogP) is 4.12. The summed E-state index contributed by atoms with van der Waals surface area (Å²) in [5.41, 5.74) is -0.179. The summed E-state index contributed by atoms with van der Waals surface area (Å²) in [6.07, 6.45) is -1.56. The molecule has 1 amide bonds. The van der Waals surface area contributed by atoms with Crippen LogP contribution in [0.25, 0.3) is 0 Å². The largest absolute Gasteiger partial charge is 0.435 e. The molecule has 4 nitrogen and oxygen atoms in total. The molecule has 0 saturated heterocycles. The van der Waals surface area contributed by atoms with Crippen molar-refractivity contribution in [3.63, 3.8) is 0 Å². The average molecular weight is 341 g/mol. The minimum absolute atomic E-state index is 0.249. The van der Waals surface area contributed by atoms with Crippen molar-refractivity contribution in [1.82, 2.24) is 9.78 Å². The smallest absolute Gasteiger partial charge is 0.324 e. The van der Waals surface area contributed by atoms with Gasteiger partial charge in [-0.3, -0.25) is 9.48 Å². The van der Waals surface area contributed by atoms with Crippen molar-refractivity contribution < 1.29 is 22.4 Å². The summed E-state index contributed by atoms with van der Waals surface area (Å²) in [6, 6.07) is 4.28. The lowest BCUT2D eigenvalue weighted by atomic mass is 10.1. The molecule has 1 aliphatic rings. The number of nitrogens with one attached hydrogen (secondary N) is 1. The lowest BCUT2D eigenvalue weighted by Crippen LogP contribution is -2.24. The molecule has 0 radical (unpaired) electrons. The van der Waals surface area contributed by atoms with E-state index >= 15 is 0 Å². The van der Waals surface area contributed by atoms with Gasteiger partial charge in [0.1, 0.15) is 11.9 Å². The molecule has 3 rings (SSSR count). The molecule has 1 aromatic heterocycles. The fraction of sp³-hybridized carbons (Fsp3) is 0.375. The maximum absolute atomic E-state index is 14.0. The molecular weight excluding hydrogens is 326 g/mol. The summed E-state index contributed by atoms with van der Waals surface area (Å²) in [5, 5.41) is 5.86. The number of carbonyl (C=O) groups excluding carboxylic acids is 1. The van der Waals surface area contributed by atoms with Gasteiger partial charge in [-0.2, -0.15) is 18.3 Å². The Labute approximate surface area is 135 Å². The van der Waals surface area contributed by atoms with Gasteiger partial charge in [0, 0.05) is 11.9 Å². The van der Waals surface area contributed by atoms with Crippen LogP contribution in [0.4, 0.5) is 23.2 Å². The highest BCUT2D eigenvalue weighted by Crippen LogP contribution is 2.41. The van der Waals surface area contributed by atoms with Crippen LogP contribution in [0, 0.1) is 5.82 Å². The van der Waals surface area contributed by atoms with E-state index in [-0.39, 0.29) is 17.4 Å². The standard InChI is InChI=1S/C16H15F4N3O/c1-9(23-7-6-14(22-23)16(18,19)20)15(24)21-11-4-5-12(10-2-3-10)13(17)8-11/h4-10H,2-3H2,1H3,(H,21,24). The zero-order valence-corrected chi connectivity index (χ0v) is 12.8. The molecule has 0 bridgehead atoms. The Morgan fingerprint density at radius 3 is 2.58 bits per heavy atom. The van der Waals surface area contributed by atoms with Gasteiger partial charge in [-0.05, 0) is 49.4 Å². The number of hydrogen-bond donors (Lipinski definition) is 1. The Balaban J connectivity index is 1.70. The Bertz CT molecular complexity index is 765. The van der Waals surface area contributed by atoms with Crippen molar-refractivity contribution in [3.05, 3.63) is 47.5 Å². The molecule has 1 aliphatic carbocycles. The van der Waals surface area contributed by atoms with Crippen LogP contribution in [-0.2, 0) is 11.0 Å². The summed E-state index contributed by atoms with van der Waals surface area (Å²) in [5.74, 6) is -0.717. The first-order valence-corrected chi connectivity index (χ1v) is 7.48. The van der Waals surface area contributed by atoms with Crippen LogP contribution in [0.3, 0.4) is 0 Å². The number of alkyl halides is 3. The van der Waals surface area contributed by atoms with Crippen LogP contribution in [0.5, 0.6) is 0 Å². The number of carbonyl (C=O) groups is 1. The lowest BCUT2D eigenvalue weighted by molar-refractivity contribution is -0.141. The minimum Gasteiger partial charge on any atom is -0.324 e. The molecule has 1 atom stereocenters. The van der Waals surface area contributed by atoms with Gasteiger partial charge in [-0.15, -0.1) is 0 Å². The summed E-state index contributed by atoms with van der Waals surface area (Å²) in [6.45, 7) is 1.41. The Morgan fingerprint density at radius 1 is 1.33 bits per heavy atom. The number of aromatic nitrogens is 2. The molecular formula is C16H15F4N3O. The number of halogens is 4. The van der Waals surface area contributed by atoms with Crippen LogP contribution in [0.2, 0.25) is 0 Å². The second kappa shape index (κ2) is 5.92. The molecule has 8 heteroatoms. The van der Waals surface area contributed by atoms with E-state index in [2.05, 4.69) is 10.4 Å². The molecule has 0 aliphatic heterocycles. The van der Waals surface area contributed by atoms with Crippen LogP contribution < -0.4 is 5.32 Å². The zero-order chi connectivity index (χ0) is 17.5. The fourth-order valence-electron chi connectivity index (χ4n) is 2.40. The van der Waals surface area contributed by atoms with E-state index in [4.69, 9.17) is 0 Å². The Kier molecular flexibility index (Phi) is 4.06. The van der Waals surface area contributed by atoms with Gasteiger partial charge in [0.05, 0.1) is 0 Å². The predicted molar refractivity (Wildman–Crippen MR) is 78.9 cm³/mol. The average Bonchev–Trinajstić information content (AvgIpc) is 3.20. The topological polar surface area (TPSA) is 46.9 Å². The van der Waals surface area contributed by atoms with Crippen molar-refractivity contribution in [1.29, 1.82) is 0 Å². The first-order valence-electron chi connectivity index (χ1n) is 7.48. The van der Waals surface area contributed by atoms with Crippen molar-refractivity contribution in [2.75, 3.05) is 5.32 Å². The van der Waals surface area contributed by atoms with Gasteiger partial charge < -0.3 is 5.32 Å². The van der Waals surface area contributed by atoms with Crippen molar-refractivity contribution >= 4 is 11.6 Å². The Hall–Kier alpha value is -2.38. The normalized spacial score (nSPS) is 16.0. The van der Waals surface area contributed by atoms with Gasteiger partial charge in [-0.1, -0.05) is 6.07 Å². The second-order valence-corrected chi connectivity index (χ2v) is 5.85. The third-order valence-electron chi connectivity index (χ3n) is 3.96. The van der Waals surface area contributed by atoms with Crippen molar-refractivity contribution in [2.24, 2.45) is 0 Å². The van der Waals surface area contributed by atoms with Gasteiger partial charge >= 0.3 is 6.18 Å². The van der Waals surface area contributed by atoms with E-state index in [1.807, 2.05) is 0 Å². The first kappa shape index (κ1) is 16.5. The summed E-state index contributed by atoms with van der Waals surface area (Å²) < 4.78 is 52.5. The third-order valence-corrected chi connectivity index (χ3v) is 3.96. The second-order valence-electron chi connectivity index (χ2n) is 5.85. The van der Waals surface area contributed by atoms with Crippen molar-refractivity contribution in [3.8, 4) is 0 Å². The summed E-state index contributed by atoms with van der Waals surface area (Å²) in [7, 11) is 0. The molecule has 1 aromatic carbocycles. The van der Waals surface area contributed by atoms with Crippen LogP contribution >= 0.6 is 0 Å². The van der Waals surface area contributed by atoms with Crippen LogP contribution in [0.1, 0.15) is 43.0 Å². The molecule has 1 fully saturated rings. The number of anilines is 1. The van der Waals surface area contributed by atoms with E-state index in [1.54, 1.807) is 12.1 Å². The van der Waals surface area contributed by atoms with Gasteiger partial charge in [-0.25, -0.2) is 4.39 Å².